The summed E-state index contributed by atoms with van der Waals surface area (Å²) in [6, 6.07) is 14.2. The number of rotatable bonds is 9. The van der Waals surface area contributed by atoms with Crippen molar-refractivity contribution in [1.82, 2.24) is 9.21 Å². The minimum Gasteiger partial charge on any atom is -0.491 e. The Bertz CT molecular complexity index is 1320. The molecule has 1 fully saturated rings. The molecule has 0 bridgehead atoms. The second-order valence-electron chi connectivity index (χ2n) is 9.47. The minimum absolute atomic E-state index is 0.203. The van der Waals surface area contributed by atoms with E-state index in [0.29, 0.717) is 24.8 Å². The molecule has 1 aromatic heterocycles. The highest BCUT2D eigenvalue weighted by molar-refractivity contribution is 7.89. The third-order valence-corrected chi connectivity index (χ3v) is 9.59. The van der Waals surface area contributed by atoms with Gasteiger partial charge < -0.3 is 9.64 Å². The third kappa shape index (κ3) is 5.48. The first-order chi connectivity index (χ1) is 17.3. The second kappa shape index (κ2) is 10.3. The predicted molar refractivity (Wildman–Crippen MR) is 137 cm³/mol. The number of thiophene rings is 1. The van der Waals surface area contributed by atoms with Gasteiger partial charge in [-0.2, -0.15) is 4.31 Å². The smallest absolute Gasteiger partial charge is 0.243 e. The number of fused-ring (bicyclic) bond motifs is 1. The molecule has 1 unspecified atom stereocenters. The van der Waals surface area contributed by atoms with E-state index in [1.165, 1.54) is 21.3 Å². The van der Waals surface area contributed by atoms with Crippen molar-refractivity contribution in [3.8, 4) is 5.75 Å². The van der Waals surface area contributed by atoms with Crippen LogP contribution < -0.4 is 4.74 Å². The summed E-state index contributed by atoms with van der Waals surface area (Å²) in [5.41, 5.74) is 2.00. The normalized spacial score (nSPS) is 17.8. The van der Waals surface area contributed by atoms with Crippen molar-refractivity contribution < 1.29 is 22.3 Å². The lowest BCUT2D eigenvalue weighted by molar-refractivity contribution is -0.135. The average molecular weight is 529 g/mol. The van der Waals surface area contributed by atoms with Crippen LogP contribution in [-0.2, 0) is 21.2 Å². The Hall–Kier alpha value is -2.75. The SMILES string of the molecule is Cc1ccc(S(=O)(=O)N(CC(=O)N2CCc3sccc3C2COc2ccc(F)cc2)CC2CC2)cc1. The lowest BCUT2D eigenvalue weighted by atomic mass is 10.0. The van der Waals surface area contributed by atoms with Gasteiger partial charge in [-0.25, -0.2) is 12.8 Å². The number of sulfonamides is 1. The molecule has 0 radical (unpaired) electrons. The highest BCUT2D eigenvalue weighted by Crippen LogP contribution is 2.35. The van der Waals surface area contributed by atoms with Crippen molar-refractivity contribution in [3.05, 3.63) is 81.8 Å². The molecule has 1 aliphatic carbocycles. The number of aryl methyl sites for hydroxylation is 1. The van der Waals surface area contributed by atoms with Gasteiger partial charge in [-0.15, -0.1) is 11.3 Å². The number of halogens is 1. The zero-order valence-corrected chi connectivity index (χ0v) is 21.7. The van der Waals surface area contributed by atoms with E-state index in [0.717, 1.165) is 30.4 Å². The van der Waals surface area contributed by atoms with Gasteiger partial charge in [0.15, 0.2) is 0 Å². The molecule has 2 aliphatic rings. The largest absolute Gasteiger partial charge is 0.491 e. The number of amides is 1. The molecule has 0 N–H and O–H groups in total. The number of benzene rings is 2. The first-order valence-electron chi connectivity index (χ1n) is 12.1. The number of hydrogen-bond donors (Lipinski definition) is 0. The molecule has 3 aromatic rings. The van der Waals surface area contributed by atoms with Crippen LogP contribution in [0.1, 0.15) is 34.9 Å². The molecule has 5 rings (SSSR count). The van der Waals surface area contributed by atoms with Crippen molar-refractivity contribution in [2.75, 3.05) is 26.2 Å². The molecule has 36 heavy (non-hydrogen) atoms. The van der Waals surface area contributed by atoms with Crippen LogP contribution in [0.15, 0.2) is 64.9 Å². The zero-order valence-electron chi connectivity index (χ0n) is 20.1. The zero-order chi connectivity index (χ0) is 25.3. The molecule has 6 nitrogen and oxygen atoms in total. The summed E-state index contributed by atoms with van der Waals surface area (Å²) < 4.78 is 47.6. The van der Waals surface area contributed by atoms with Crippen molar-refractivity contribution in [1.29, 1.82) is 0 Å². The maximum absolute atomic E-state index is 13.7. The lowest BCUT2D eigenvalue weighted by Crippen LogP contribution is -2.48. The molecule has 9 heteroatoms. The standard InChI is InChI=1S/C27H29FN2O4S2/c1-19-2-10-23(11-3-19)36(32,33)29(16-20-4-5-20)17-27(31)30-14-12-26-24(13-15-35-26)25(30)18-34-22-8-6-21(28)7-9-22/h2-3,6-11,13,15,20,25H,4-5,12,14,16-18H2,1H3. The Morgan fingerprint density at radius 1 is 1.11 bits per heavy atom. The average Bonchev–Trinajstić information content (AvgIpc) is 3.55. The maximum Gasteiger partial charge on any atom is 0.243 e. The van der Waals surface area contributed by atoms with E-state index >= 15 is 0 Å². The molecule has 1 atom stereocenters. The molecular weight excluding hydrogens is 499 g/mol. The van der Waals surface area contributed by atoms with Gasteiger partial charge in [0, 0.05) is 18.0 Å². The van der Waals surface area contributed by atoms with Gasteiger partial charge in [0.05, 0.1) is 17.5 Å². The number of carbonyl (C=O) groups is 1. The van der Waals surface area contributed by atoms with Crippen LogP contribution >= 0.6 is 11.3 Å². The number of carbonyl (C=O) groups excluding carboxylic acids is 1. The molecule has 1 aliphatic heterocycles. The van der Waals surface area contributed by atoms with Crippen LogP contribution in [0.4, 0.5) is 4.39 Å². The summed E-state index contributed by atoms with van der Waals surface area (Å²) in [7, 11) is -3.81. The summed E-state index contributed by atoms with van der Waals surface area (Å²) >= 11 is 1.65. The molecular formula is C27H29FN2O4S2. The van der Waals surface area contributed by atoms with Gasteiger partial charge in [0.2, 0.25) is 15.9 Å². The summed E-state index contributed by atoms with van der Waals surface area (Å²) in [4.78, 5) is 16.8. The van der Waals surface area contributed by atoms with E-state index in [1.54, 1.807) is 52.6 Å². The molecule has 2 aromatic carbocycles. The van der Waals surface area contributed by atoms with E-state index in [-0.39, 0.29) is 35.8 Å². The highest BCUT2D eigenvalue weighted by Gasteiger charge is 2.37. The molecule has 1 saturated carbocycles. The molecule has 0 spiro atoms. The van der Waals surface area contributed by atoms with Crippen molar-refractivity contribution in [2.24, 2.45) is 5.92 Å². The first-order valence-corrected chi connectivity index (χ1v) is 14.4. The Morgan fingerprint density at radius 3 is 2.53 bits per heavy atom. The maximum atomic E-state index is 13.7. The van der Waals surface area contributed by atoms with Gasteiger partial charge in [-0.3, -0.25) is 4.79 Å². The van der Waals surface area contributed by atoms with Crippen LogP contribution in [0.25, 0.3) is 0 Å². The Kier molecular flexibility index (Phi) is 7.14. The van der Waals surface area contributed by atoms with Crippen LogP contribution in [0.3, 0.4) is 0 Å². The van der Waals surface area contributed by atoms with E-state index in [9.17, 15) is 17.6 Å². The lowest BCUT2D eigenvalue weighted by Gasteiger charge is -2.37. The van der Waals surface area contributed by atoms with E-state index < -0.39 is 10.0 Å². The summed E-state index contributed by atoms with van der Waals surface area (Å²) in [6.07, 6.45) is 2.67. The summed E-state index contributed by atoms with van der Waals surface area (Å²) in [5.74, 6) is 0.224. The van der Waals surface area contributed by atoms with Crippen LogP contribution in [-0.4, -0.2) is 49.8 Å². The quantitative estimate of drug-likeness (QED) is 0.400. The topological polar surface area (TPSA) is 66.9 Å². The Balaban J connectivity index is 1.37. The van der Waals surface area contributed by atoms with Crippen molar-refractivity contribution >= 4 is 27.3 Å². The third-order valence-electron chi connectivity index (χ3n) is 6.77. The van der Waals surface area contributed by atoms with E-state index in [4.69, 9.17) is 4.74 Å². The predicted octanol–water partition coefficient (Wildman–Crippen LogP) is 4.80. The van der Waals surface area contributed by atoms with Gasteiger partial charge in [-0.05, 0) is 85.5 Å². The molecule has 1 amide bonds. The minimum atomic E-state index is -3.81. The van der Waals surface area contributed by atoms with Gasteiger partial charge in [-0.1, -0.05) is 17.7 Å². The Morgan fingerprint density at radius 2 is 1.83 bits per heavy atom. The van der Waals surface area contributed by atoms with Crippen LogP contribution in [0.5, 0.6) is 5.75 Å². The summed E-state index contributed by atoms with van der Waals surface area (Å²) in [5, 5.41) is 2.00. The molecule has 190 valence electrons. The number of hydrogen-bond acceptors (Lipinski definition) is 5. The summed E-state index contributed by atoms with van der Waals surface area (Å²) in [6.45, 7) is 2.74. The van der Waals surface area contributed by atoms with Crippen molar-refractivity contribution in [2.45, 2.75) is 37.1 Å². The Labute approximate surface area is 215 Å². The number of ether oxygens (including phenoxy) is 1. The second-order valence-corrected chi connectivity index (χ2v) is 12.4. The number of nitrogens with zero attached hydrogens (tertiary/aromatic N) is 2. The fourth-order valence-corrected chi connectivity index (χ4v) is 6.91. The van der Waals surface area contributed by atoms with Gasteiger partial charge >= 0.3 is 0 Å². The van der Waals surface area contributed by atoms with Gasteiger partial charge in [0.25, 0.3) is 0 Å². The van der Waals surface area contributed by atoms with Crippen LogP contribution in [0, 0.1) is 18.7 Å². The van der Waals surface area contributed by atoms with Crippen molar-refractivity contribution in [3.63, 3.8) is 0 Å². The first kappa shape index (κ1) is 24.9. The fraction of sp³-hybridized carbons (Fsp3) is 0.370. The highest BCUT2D eigenvalue weighted by atomic mass is 32.2. The monoisotopic (exact) mass is 528 g/mol. The van der Waals surface area contributed by atoms with Gasteiger partial charge in [0.1, 0.15) is 18.2 Å². The van der Waals surface area contributed by atoms with E-state index in [1.807, 2.05) is 18.4 Å². The molecule has 2 heterocycles. The molecule has 0 saturated heterocycles. The van der Waals surface area contributed by atoms with Crippen LogP contribution in [0.2, 0.25) is 0 Å². The van der Waals surface area contributed by atoms with E-state index in [2.05, 4.69) is 0 Å². The fourth-order valence-electron chi connectivity index (χ4n) is 4.52.